The zero-order chi connectivity index (χ0) is 14.9. The number of H-pyrrole nitrogens is 1. The summed E-state index contributed by atoms with van der Waals surface area (Å²) < 4.78 is 0. The van der Waals surface area contributed by atoms with Crippen molar-refractivity contribution < 1.29 is 0 Å². The molecule has 0 amide bonds. The van der Waals surface area contributed by atoms with E-state index < -0.39 is 0 Å². The molecular formula is C18H15N3S. The molecule has 108 valence electrons. The lowest BCUT2D eigenvalue weighted by Crippen LogP contribution is -1.85. The van der Waals surface area contributed by atoms with Crippen LogP contribution in [-0.4, -0.2) is 15.0 Å². The highest BCUT2D eigenvalue weighted by Crippen LogP contribution is 2.33. The maximum atomic E-state index is 4.49. The second-order valence-electron chi connectivity index (χ2n) is 5.18. The lowest BCUT2D eigenvalue weighted by molar-refractivity contribution is 1.09. The van der Waals surface area contributed by atoms with E-state index >= 15 is 0 Å². The third kappa shape index (κ3) is 2.25. The number of hydrogen-bond acceptors (Lipinski definition) is 3. The minimum atomic E-state index is 0.963. The molecule has 0 bridgehead atoms. The Morgan fingerprint density at radius 3 is 2.73 bits per heavy atom. The van der Waals surface area contributed by atoms with Crippen LogP contribution < -0.4 is 0 Å². The van der Waals surface area contributed by atoms with Gasteiger partial charge in [0.15, 0.2) is 0 Å². The fourth-order valence-corrected chi connectivity index (χ4v) is 3.48. The fourth-order valence-electron chi connectivity index (χ4n) is 2.61. The number of aromatic nitrogens is 3. The molecule has 2 aromatic carbocycles. The summed E-state index contributed by atoms with van der Waals surface area (Å²) in [5, 5.41) is 2.14. The average Bonchev–Trinajstić information content (AvgIpc) is 2.95. The van der Waals surface area contributed by atoms with Gasteiger partial charge in [0.25, 0.3) is 0 Å². The first-order chi connectivity index (χ1) is 10.8. The second-order valence-corrected chi connectivity index (χ2v) is 6.24. The first-order valence-corrected chi connectivity index (χ1v) is 8.15. The molecule has 0 unspecified atom stereocenters. The van der Waals surface area contributed by atoms with Gasteiger partial charge in [-0.25, -0.2) is 9.97 Å². The number of hydrogen-bond donors (Lipinski definition) is 1. The number of rotatable bonds is 3. The van der Waals surface area contributed by atoms with Crippen molar-refractivity contribution in [2.45, 2.75) is 23.3 Å². The normalized spacial score (nSPS) is 11.3. The number of aromatic amines is 1. The van der Waals surface area contributed by atoms with E-state index in [4.69, 9.17) is 0 Å². The highest BCUT2D eigenvalue weighted by molar-refractivity contribution is 7.99. The molecule has 2 heterocycles. The van der Waals surface area contributed by atoms with Crippen LogP contribution in [0.4, 0.5) is 0 Å². The van der Waals surface area contributed by atoms with E-state index in [1.807, 2.05) is 18.2 Å². The number of nitrogens with one attached hydrogen (secondary N) is 1. The summed E-state index contributed by atoms with van der Waals surface area (Å²) in [4.78, 5) is 13.6. The summed E-state index contributed by atoms with van der Waals surface area (Å²) in [6.45, 7) is 2.17. The van der Waals surface area contributed by atoms with Crippen LogP contribution in [0.3, 0.4) is 0 Å². The molecule has 0 aliphatic heterocycles. The van der Waals surface area contributed by atoms with E-state index in [0.29, 0.717) is 0 Å². The van der Waals surface area contributed by atoms with Gasteiger partial charge in [-0.15, -0.1) is 0 Å². The average molecular weight is 305 g/mol. The fraction of sp³-hybridized carbons (Fsp3) is 0.111. The summed E-state index contributed by atoms with van der Waals surface area (Å²) in [6, 6.07) is 16.8. The van der Waals surface area contributed by atoms with Gasteiger partial charge >= 0.3 is 0 Å². The summed E-state index contributed by atoms with van der Waals surface area (Å²) in [5.41, 5.74) is 4.45. The predicted molar refractivity (Wildman–Crippen MR) is 91.3 cm³/mol. The SMILES string of the molecule is CCc1ccc2[nH]c3c(Sc4ccccc4)ncnc3c2c1. The molecular weight excluding hydrogens is 290 g/mol. The zero-order valence-electron chi connectivity index (χ0n) is 12.2. The van der Waals surface area contributed by atoms with Crippen molar-refractivity contribution in [2.24, 2.45) is 0 Å². The van der Waals surface area contributed by atoms with Crippen LogP contribution in [0.25, 0.3) is 21.9 Å². The highest BCUT2D eigenvalue weighted by atomic mass is 32.2. The Kier molecular flexibility index (Phi) is 3.31. The van der Waals surface area contributed by atoms with Crippen molar-refractivity contribution in [1.29, 1.82) is 0 Å². The molecule has 4 aromatic rings. The number of fused-ring (bicyclic) bond motifs is 3. The Morgan fingerprint density at radius 1 is 1.05 bits per heavy atom. The summed E-state index contributed by atoms with van der Waals surface area (Å²) >= 11 is 1.66. The summed E-state index contributed by atoms with van der Waals surface area (Å²) in [5.74, 6) is 0. The minimum Gasteiger partial charge on any atom is -0.351 e. The predicted octanol–water partition coefficient (Wildman–Crippen LogP) is 4.82. The van der Waals surface area contributed by atoms with E-state index in [9.17, 15) is 0 Å². The van der Waals surface area contributed by atoms with Crippen molar-refractivity contribution >= 4 is 33.7 Å². The first-order valence-electron chi connectivity index (χ1n) is 7.33. The van der Waals surface area contributed by atoms with Crippen molar-refractivity contribution in [1.82, 2.24) is 15.0 Å². The Hall–Kier alpha value is -2.33. The van der Waals surface area contributed by atoms with Crippen molar-refractivity contribution in [3.05, 3.63) is 60.4 Å². The van der Waals surface area contributed by atoms with Crippen LogP contribution in [0.5, 0.6) is 0 Å². The van der Waals surface area contributed by atoms with Gasteiger partial charge in [0.1, 0.15) is 16.9 Å². The van der Waals surface area contributed by atoms with Crippen LogP contribution >= 0.6 is 11.8 Å². The topological polar surface area (TPSA) is 41.6 Å². The maximum Gasteiger partial charge on any atom is 0.128 e. The minimum absolute atomic E-state index is 0.963. The largest absolute Gasteiger partial charge is 0.351 e. The molecule has 0 fully saturated rings. The molecule has 0 radical (unpaired) electrons. The lowest BCUT2D eigenvalue weighted by atomic mass is 10.1. The van der Waals surface area contributed by atoms with Crippen LogP contribution in [0.2, 0.25) is 0 Å². The number of nitrogens with zero attached hydrogens (tertiary/aromatic N) is 2. The van der Waals surface area contributed by atoms with Crippen LogP contribution in [0.15, 0.2) is 64.8 Å². The van der Waals surface area contributed by atoms with Crippen LogP contribution in [-0.2, 0) is 6.42 Å². The number of benzene rings is 2. The van der Waals surface area contributed by atoms with Crippen molar-refractivity contribution in [3.63, 3.8) is 0 Å². The molecule has 3 nitrogen and oxygen atoms in total. The Morgan fingerprint density at radius 2 is 1.91 bits per heavy atom. The smallest absolute Gasteiger partial charge is 0.128 e. The van der Waals surface area contributed by atoms with Gasteiger partial charge in [-0.2, -0.15) is 0 Å². The molecule has 4 rings (SSSR count). The Balaban J connectivity index is 1.89. The molecule has 22 heavy (non-hydrogen) atoms. The van der Waals surface area contributed by atoms with Crippen LogP contribution in [0.1, 0.15) is 12.5 Å². The van der Waals surface area contributed by atoms with Gasteiger partial charge in [0, 0.05) is 15.8 Å². The molecule has 1 N–H and O–H groups in total. The van der Waals surface area contributed by atoms with E-state index in [0.717, 1.165) is 28.0 Å². The monoisotopic (exact) mass is 305 g/mol. The quantitative estimate of drug-likeness (QED) is 0.551. The summed E-state index contributed by atoms with van der Waals surface area (Å²) in [6.07, 6.45) is 2.68. The van der Waals surface area contributed by atoms with Gasteiger partial charge in [0.2, 0.25) is 0 Å². The maximum absolute atomic E-state index is 4.49. The van der Waals surface area contributed by atoms with E-state index in [1.165, 1.54) is 15.8 Å². The molecule has 0 saturated heterocycles. The zero-order valence-corrected chi connectivity index (χ0v) is 13.0. The van der Waals surface area contributed by atoms with E-state index in [1.54, 1.807) is 18.1 Å². The molecule has 2 aromatic heterocycles. The van der Waals surface area contributed by atoms with Gasteiger partial charge in [-0.3, -0.25) is 0 Å². The molecule has 0 aliphatic rings. The number of aryl methyl sites for hydroxylation is 1. The molecule has 0 atom stereocenters. The Bertz CT molecular complexity index is 945. The highest BCUT2D eigenvalue weighted by Gasteiger charge is 2.11. The summed E-state index contributed by atoms with van der Waals surface area (Å²) in [7, 11) is 0. The Labute approximate surface area is 132 Å². The van der Waals surface area contributed by atoms with Gasteiger partial charge in [-0.1, -0.05) is 43.0 Å². The van der Waals surface area contributed by atoms with Crippen molar-refractivity contribution in [3.8, 4) is 0 Å². The third-order valence-corrected chi connectivity index (χ3v) is 4.79. The second kappa shape index (κ2) is 5.46. The molecule has 0 aliphatic carbocycles. The van der Waals surface area contributed by atoms with Gasteiger partial charge in [0.05, 0.1) is 5.52 Å². The lowest BCUT2D eigenvalue weighted by Gasteiger charge is -2.01. The van der Waals surface area contributed by atoms with Crippen LogP contribution in [0, 0.1) is 0 Å². The standard InChI is InChI=1S/C18H15N3S/c1-2-12-8-9-15-14(10-12)16-17(21-15)18(20-11-19-16)22-13-6-4-3-5-7-13/h3-11,21H,2H2,1H3. The van der Waals surface area contributed by atoms with E-state index in [2.05, 4.69) is 52.2 Å². The van der Waals surface area contributed by atoms with Crippen molar-refractivity contribution in [2.75, 3.05) is 0 Å². The van der Waals surface area contributed by atoms with Gasteiger partial charge in [-0.05, 0) is 36.2 Å². The molecule has 0 saturated carbocycles. The molecule has 4 heteroatoms. The van der Waals surface area contributed by atoms with E-state index in [-0.39, 0.29) is 0 Å². The first kappa shape index (κ1) is 13.3. The molecule has 0 spiro atoms. The van der Waals surface area contributed by atoms with Gasteiger partial charge < -0.3 is 4.98 Å². The third-order valence-electron chi connectivity index (χ3n) is 3.78.